The first kappa shape index (κ1) is 11.4. The molecule has 15 heavy (non-hydrogen) atoms. The Morgan fingerprint density at radius 1 is 1.27 bits per heavy atom. The van der Waals surface area contributed by atoms with E-state index in [1.54, 1.807) is 12.8 Å². The lowest BCUT2D eigenvalue weighted by atomic mass is 9.81. The predicted octanol–water partition coefficient (Wildman–Crippen LogP) is 3.45. The second kappa shape index (κ2) is 4.86. The van der Waals surface area contributed by atoms with Crippen LogP contribution in [0.1, 0.15) is 52.4 Å². The number of hydrogen-bond donors (Lipinski definition) is 1. The van der Waals surface area contributed by atoms with Gasteiger partial charge in [0.2, 0.25) is 0 Å². The van der Waals surface area contributed by atoms with Gasteiger partial charge in [0, 0.05) is 6.04 Å². The van der Waals surface area contributed by atoms with E-state index in [9.17, 15) is 0 Å². The monoisotopic (exact) mass is 209 g/mol. The van der Waals surface area contributed by atoms with Gasteiger partial charge >= 0.3 is 0 Å². The van der Waals surface area contributed by atoms with Gasteiger partial charge in [-0.15, -0.1) is 0 Å². The van der Waals surface area contributed by atoms with Crippen LogP contribution >= 0.6 is 0 Å². The van der Waals surface area contributed by atoms with Gasteiger partial charge in [0.15, 0.2) is 0 Å². The van der Waals surface area contributed by atoms with Crippen LogP contribution in [0.5, 0.6) is 0 Å². The third-order valence-corrected chi connectivity index (χ3v) is 5.14. The van der Waals surface area contributed by atoms with Crippen LogP contribution < -0.4 is 5.32 Å². The van der Waals surface area contributed by atoms with Gasteiger partial charge in [-0.2, -0.15) is 0 Å². The summed E-state index contributed by atoms with van der Waals surface area (Å²) in [6.07, 6.45) is 8.92. The second-order valence-corrected chi connectivity index (χ2v) is 5.95. The van der Waals surface area contributed by atoms with E-state index >= 15 is 0 Å². The molecule has 1 heteroatoms. The maximum atomic E-state index is 3.54. The van der Waals surface area contributed by atoms with Gasteiger partial charge in [-0.1, -0.05) is 26.7 Å². The van der Waals surface area contributed by atoms with Crippen LogP contribution in [0.3, 0.4) is 0 Å². The van der Waals surface area contributed by atoms with Crippen LogP contribution in [0.15, 0.2) is 0 Å². The van der Waals surface area contributed by atoms with Crippen molar-refractivity contribution < 1.29 is 0 Å². The quantitative estimate of drug-likeness (QED) is 0.731. The minimum Gasteiger partial charge on any atom is -0.317 e. The number of rotatable bonds is 5. The van der Waals surface area contributed by atoms with Gasteiger partial charge in [-0.25, -0.2) is 0 Å². The molecule has 0 aliphatic heterocycles. The van der Waals surface area contributed by atoms with Crippen molar-refractivity contribution in [2.24, 2.45) is 23.7 Å². The summed E-state index contributed by atoms with van der Waals surface area (Å²) in [7, 11) is 2.14. The van der Waals surface area contributed by atoms with Crippen LogP contribution in [-0.2, 0) is 0 Å². The molecule has 5 atom stereocenters. The number of nitrogens with one attached hydrogen (secondary N) is 1. The van der Waals surface area contributed by atoms with Crippen LogP contribution in [0.25, 0.3) is 0 Å². The van der Waals surface area contributed by atoms with Crippen molar-refractivity contribution in [3.8, 4) is 0 Å². The second-order valence-electron chi connectivity index (χ2n) is 5.95. The molecule has 88 valence electrons. The molecule has 2 bridgehead atoms. The highest BCUT2D eigenvalue weighted by atomic mass is 14.9. The smallest absolute Gasteiger partial charge is 0.00923 e. The minimum absolute atomic E-state index is 0.763. The molecular weight excluding hydrogens is 182 g/mol. The Morgan fingerprint density at radius 2 is 2.07 bits per heavy atom. The molecule has 1 nitrogen and oxygen atoms in total. The van der Waals surface area contributed by atoms with E-state index < -0.39 is 0 Å². The first-order valence-corrected chi connectivity index (χ1v) is 6.91. The Labute approximate surface area is 95.0 Å². The van der Waals surface area contributed by atoms with Gasteiger partial charge in [-0.05, 0) is 56.4 Å². The van der Waals surface area contributed by atoms with Gasteiger partial charge in [-0.3, -0.25) is 0 Å². The van der Waals surface area contributed by atoms with Gasteiger partial charge in [0.1, 0.15) is 0 Å². The number of hydrogen-bond acceptors (Lipinski definition) is 1. The summed E-state index contributed by atoms with van der Waals surface area (Å²) >= 11 is 0. The highest BCUT2D eigenvalue weighted by molar-refractivity contribution is 4.92. The third kappa shape index (κ3) is 2.38. The molecule has 2 saturated carbocycles. The van der Waals surface area contributed by atoms with Gasteiger partial charge in [0.05, 0.1) is 0 Å². The Hall–Kier alpha value is -0.0400. The van der Waals surface area contributed by atoms with E-state index in [4.69, 9.17) is 0 Å². The zero-order valence-electron chi connectivity index (χ0n) is 10.6. The summed E-state index contributed by atoms with van der Waals surface area (Å²) in [5.41, 5.74) is 0. The highest BCUT2D eigenvalue weighted by Crippen LogP contribution is 2.50. The fourth-order valence-corrected chi connectivity index (χ4v) is 3.91. The lowest BCUT2D eigenvalue weighted by molar-refractivity contribution is 0.247. The standard InChI is InChI=1S/C14H27N/c1-4-10(2)14(15-3)9-13-8-11-5-6-12(13)7-11/h10-15H,4-9H2,1-3H3. The summed E-state index contributed by atoms with van der Waals surface area (Å²) in [6.45, 7) is 4.71. The van der Waals surface area contributed by atoms with Crippen molar-refractivity contribution >= 4 is 0 Å². The Bertz CT molecular complexity index is 202. The molecule has 0 heterocycles. The molecule has 1 N–H and O–H groups in total. The van der Waals surface area contributed by atoms with E-state index in [-0.39, 0.29) is 0 Å². The van der Waals surface area contributed by atoms with Crippen molar-refractivity contribution in [1.29, 1.82) is 0 Å². The van der Waals surface area contributed by atoms with Crippen LogP contribution in [0.2, 0.25) is 0 Å². The first-order chi connectivity index (χ1) is 7.24. The van der Waals surface area contributed by atoms with Crippen molar-refractivity contribution in [3.63, 3.8) is 0 Å². The predicted molar refractivity (Wildman–Crippen MR) is 65.9 cm³/mol. The maximum Gasteiger partial charge on any atom is 0.00923 e. The lowest BCUT2D eigenvalue weighted by Gasteiger charge is -2.29. The van der Waals surface area contributed by atoms with Crippen LogP contribution in [0.4, 0.5) is 0 Å². The number of fused-ring (bicyclic) bond motifs is 2. The molecule has 2 fully saturated rings. The van der Waals surface area contributed by atoms with Crippen molar-refractivity contribution in [2.75, 3.05) is 7.05 Å². The Morgan fingerprint density at radius 3 is 2.53 bits per heavy atom. The molecule has 0 saturated heterocycles. The largest absolute Gasteiger partial charge is 0.317 e. The van der Waals surface area contributed by atoms with Gasteiger partial charge in [0.25, 0.3) is 0 Å². The molecule has 2 aliphatic carbocycles. The lowest BCUT2D eigenvalue weighted by Crippen LogP contribution is -2.35. The van der Waals surface area contributed by atoms with E-state index in [0.717, 1.165) is 29.7 Å². The van der Waals surface area contributed by atoms with Crippen molar-refractivity contribution in [3.05, 3.63) is 0 Å². The Kier molecular flexibility index (Phi) is 3.71. The van der Waals surface area contributed by atoms with E-state index in [1.165, 1.54) is 25.7 Å². The summed E-state index contributed by atoms with van der Waals surface area (Å²) < 4.78 is 0. The summed E-state index contributed by atoms with van der Waals surface area (Å²) in [6, 6.07) is 0.763. The van der Waals surface area contributed by atoms with E-state index in [0.29, 0.717) is 0 Å². The Balaban J connectivity index is 1.84. The molecule has 2 aliphatic rings. The SMILES string of the molecule is CCC(C)C(CC1CC2CCC1C2)NC. The summed E-state index contributed by atoms with van der Waals surface area (Å²) in [5.74, 6) is 4.09. The molecule has 0 aromatic rings. The average Bonchev–Trinajstić information content (AvgIpc) is 2.86. The van der Waals surface area contributed by atoms with E-state index in [1.807, 2.05) is 0 Å². The molecule has 0 aromatic heterocycles. The van der Waals surface area contributed by atoms with Crippen molar-refractivity contribution in [2.45, 2.75) is 58.4 Å². The molecule has 2 rings (SSSR count). The molecule has 0 radical (unpaired) electrons. The van der Waals surface area contributed by atoms with Crippen LogP contribution in [0, 0.1) is 23.7 Å². The zero-order valence-corrected chi connectivity index (χ0v) is 10.6. The highest BCUT2D eigenvalue weighted by Gasteiger charge is 2.40. The summed E-state index contributed by atoms with van der Waals surface area (Å²) in [5, 5.41) is 3.54. The van der Waals surface area contributed by atoms with Crippen molar-refractivity contribution in [1.82, 2.24) is 5.32 Å². The molecule has 0 amide bonds. The third-order valence-electron chi connectivity index (χ3n) is 5.14. The summed E-state index contributed by atoms with van der Waals surface area (Å²) in [4.78, 5) is 0. The average molecular weight is 209 g/mol. The zero-order chi connectivity index (χ0) is 10.8. The topological polar surface area (TPSA) is 12.0 Å². The molecule has 0 aromatic carbocycles. The minimum atomic E-state index is 0.763. The van der Waals surface area contributed by atoms with Crippen LogP contribution in [-0.4, -0.2) is 13.1 Å². The maximum absolute atomic E-state index is 3.54. The normalized spacial score (nSPS) is 38.2. The fraction of sp³-hybridized carbons (Fsp3) is 1.00. The molecular formula is C14H27N. The molecule has 5 unspecified atom stereocenters. The fourth-order valence-electron chi connectivity index (χ4n) is 3.91. The van der Waals surface area contributed by atoms with E-state index in [2.05, 4.69) is 26.2 Å². The first-order valence-electron chi connectivity index (χ1n) is 6.91. The molecule has 0 spiro atoms. The van der Waals surface area contributed by atoms with Gasteiger partial charge < -0.3 is 5.32 Å².